The van der Waals surface area contributed by atoms with Crippen LogP contribution in [0.3, 0.4) is 0 Å². The maximum absolute atomic E-state index is 6.35. The van der Waals surface area contributed by atoms with Crippen LogP contribution in [-0.2, 0) is 0 Å². The quantitative estimate of drug-likeness (QED) is 0.763. The average molecular weight is 362 g/mol. The lowest BCUT2D eigenvalue weighted by atomic mass is 9.79. The number of piperidine rings is 1. The summed E-state index contributed by atoms with van der Waals surface area (Å²) in [4.78, 5) is 7.17. The molecule has 2 heterocycles. The smallest absolute Gasteiger partial charge is 0.248 e. The van der Waals surface area contributed by atoms with Gasteiger partial charge < -0.3 is 10.3 Å². The predicted octanol–water partition coefficient (Wildman–Crippen LogP) is 3.89. The number of hydrogen-bond acceptors (Lipinski definition) is 5. The Morgan fingerprint density at radius 1 is 1.07 bits per heavy atom. The van der Waals surface area contributed by atoms with Crippen molar-refractivity contribution in [3.63, 3.8) is 0 Å². The monoisotopic (exact) mass is 362 g/mol. The van der Waals surface area contributed by atoms with Gasteiger partial charge in [0, 0.05) is 24.7 Å². The van der Waals surface area contributed by atoms with Crippen LogP contribution in [0.1, 0.15) is 37.8 Å². The van der Waals surface area contributed by atoms with Crippen LogP contribution in [0.5, 0.6) is 0 Å². The van der Waals surface area contributed by atoms with Crippen LogP contribution in [-0.4, -0.2) is 34.2 Å². The zero-order chi connectivity index (χ0) is 18.9. The van der Waals surface area contributed by atoms with Gasteiger partial charge in [-0.15, -0.1) is 0 Å². The topological polar surface area (TPSA) is 68.2 Å². The molecule has 0 saturated carbocycles. The number of likely N-dealkylation sites (tertiary alicyclic amines) is 1. The molecule has 0 amide bonds. The molecule has 1 aliphatic heterocycles. The fraction of sp³-hybridized carbons (Fsp3) is 0.364. The van der Waals surface area contributed by atoms with Crippen molar-refractivity contribution in [2.75, 3.05) is 13.1 Å². The first-order valence-electron chi connectivity index (χ1n) is 9.48. The Morgan fingerprint density at radius 3 is 2.41 bits per heavy atom. The van der Waals surface area contributed by atoms with E-state index in [1.54, 1.807) is 0 Å². The van der Waals surface area contributed by atoms with Crippen LogP contribution in [0.25, 0.3) is 11.4 Å². The molecule has 27 heavy (non-hydrogen) atoms. The zero-order valence-electron chi connectivity index (χ0n) is 15.9. The van der Waals surface area contributed by atoms with Gasteiger partial charge in [-0.1, -0.05) is 79.7 Å². The molecule has 2 unspecified atom stereocenters. The number of nitrogens with zero attached hydrogens (tertiary/aromatic N) is 3. The second kappa shape index (κ2) is 7.25. The summed E-state index contributed by atoms with van der Waals surface area (Å²) in [5, 5.41) is 4.24. The maximum atomic E-state index is 6.35. The molecule has 2 aromatic carbocycles. The predicted molar refractivity (Wildman–Crippen MR) is 106 cm³/mol. The Morgan fingerprint density at radius 2 is 1.74 bits per heavy atom. The molecule has 0 radical (unpaired) electrons. The van der Waals surface area contributed by atoms with Gasteiger partial charge in [-0.2, -0.15) is 4.98 Å². The summed E-state index contributed by atoms with van der Waals surface area (Å²) in [5.41, 5.74) is 8.51. The van der Waals surface area contributed by atoms with E-state index in [1.165, 1.54) is 0 Å². The van der Waals surface area contributed by atoms with Gasteiger partial charge in [-0.25, -0.2) is 0 Å². The highest BCUT2D eigenvalue weighted by Gasteiger charge is 2.38. The van der Waals surface area contributed by atoms with E-state index in [-0.39, 0.29) is 17.5 Å². The number of hydrogen-bond donors (Lipinski definition) is 1. The Hall–Kier alpha value is -2.50. The van der Waals surface area contributed by atoms with Gasteiger partial charge in [0.2, 0.25) is 11.7 Å². The van der Waals surface area contributed by atoms with Gasteiger partial charge in [-0.05, 0) is 17.4 Å². The van der Waals surface area contributed by atoms with E-state index in [4.69, 9.17) is 15.2 Å². The van der Waals surface area contributed by atoms with E-state index in [0.717, 1.165) is 30.6 Å². The first-order valence-corrected chi connectivity index (χ1v) is 9.48. The largest absolute Gasteiger partial charge is 0.337 e. The molecule has 1 aromatic heterocycles. The van der Waals surface area contributed by atoms with Gasteiger partial charge >= 0.3 is 0 Å². The number of aromatic nitrogens is 2. The third kappa shape index (κ3) is 3.66. The molecule has 0 bridgehead atoms. The molecule has 1 fully saturated rings. The zero-order valence-corrected chi connectivity index (χ0v) is 15.9. The molecule has 0 aliphatic carbocycles. The number of nitrogens with two attached hydrogens (primary N) is 1. The molecular weight excluding hydrogens is 336 g/mol. The summed E-state index contributed by atoms with van der Waals surface area (Å²) in [6, 6.07) is 20.5. The Kier molecular flexibility index (Phi) is 4.81. The fourth-order valence-electron chi connectivity index (χ4n) is 3.83. The van der Waals surface area contributed by atoms with Crippen molar-refractivity contribution in [3.8, 4) is 11.4 Å². The molecule has 0 spiro atoms. The molecule has 2 N–H and O–H groups in total. The molecule has 4 rings (SSSR count). The van der Waals surface area contributed by atoms with E-state index in [1.807, 2.05) is 36.4 Å². The summed E-state index contributed by atoms with van der Waals surface area (Å²) in [5.74, 6) is 1.26. The molecule has 3 aromatic rings. The van der Waals surface area contributed by atoms with Crippen LogP contribution in [0.4, 0.5) is 0 Å². The Balaban J connectivity index is 1.71. The number of benzene rings is 2. The fourth-order valence-corrected chi connectivity index (χ4v) is 3.83. The SMILES string of the molecule is CC1(C)CN(C(c2ccccc2)c2nc(-c3ccccc3)no2)CCC1N. The standard InChI is InChI=1S/C22H26N4O/c1-22(2)15-26(14-13-18(22)23)19(16-9-5-3-6-10-16)21-24-20(25-27-21)17-11-7-4-8-12-17/h3-12,18-19H,13-15,23H2,1-2H3. The minimum absolute atomic E-state index is 0.0353. The minimum Gasteiger partial charge on any atom is -0.337 e. The van der Waals surface area contributed by atoms with Crippen molar-refractivity contribution in [1.82, 2.24) is 15.0 Å². The van der Waals surface area contributed by atoms with E-state index in [2.05, 4.69) is 48.2 Å². The Bertz CT molecular complexity index is 876. The van der Waals surface area contributed by atoms with Crippen molar-refractivity contribution < 1.29 is 4.52 Å². The third-order valence-corrected chi connectivity index (χ3v) is 5.53. The maximum Gasteiger partial charge on any atom is 0.248 e. The molecule has 1 saturated heterocycles. The van der Waals surface area contributed by atoms with Crippen molar-refractivity contribution in [3.05, 3.63) is 72.1 Å². The van der Waals surface area contributed by atoms with Crippen LogP contribution in [0, 0.1) is 5.41 Å². The average Bonchev–Trinajstić information content (AvgIpc) is 3.16. The van der Waals surface area contributed by atoms with Crippen molar-refractivity contribution >= 4 is 0 Å². The normalized spacial score (nSPS) is 21.1. The molecule has 5 nitrogen and oxygen atoms in total. The van der Waals surface area contributed by atoms with Crippen LogP contribution < -0.4 is 5.73 Å². The molecular formula is C22H26N4O. The lowest BCUT2D eigenvalue weighted by Gasteiger charge is -2.45. The number of rotatable bonds is 4. The van der Waals surface area contributed by atoms with Gasteiger partial charge in [0.05, 0.1) is 0 Å². The van der Waals surface area contributed by atoms with E-state index in [0.29, 0.717) is 11.7 Å². The lowest BCUT2D eigenvalue weighted by Crippen LogP contribution is -2.53. The second-order valence-corrected chi connectivity index (χ2v) is 7.99. The summed E-state index contributed by atoms with van der Waals surface area (Å²) >= 11 is 0. The third-order valence-electron chi connectivity index (χ3n) is 5.53. The van der Waals surface area contributed by atoms with E-state index < -0.39 is 0 Å². The van der Waals surface area contributed by atoms with Crippen molar-refractivity contribution in [2.45, 2.75) is 32.4 Å². The highest BCUT2D eigenvalue weighted by atomic mass is 16.5. The highest BCUT2D eigenvalue weighted by Crippen LogP contribution is 2.36. The Labute approximate surface area is 160 Å². The van der Waals surface area contributed by atoms with Gasteiger partial charge in [0.25, 0.3) is 0 Å². The summed E-state index contributed by atoms with van der Waals surface area (Å²) in [6.45, 7) is 6.26. The highest BCUT2D eigenvalue weighted by molar-refractivity contribution is 5.53. The van der Waals surface area contributed by atoms with Crippen molar-refractivity contribution in [2.24, 2.45) is 11.1 Å². The summed E-state index contributed by atoms with van der Waals surface area (Å²) in [6.07, 6.45) is 0.954. The second-order valence-electron chi connectivity index (χ2n) is 7.99. The molecule has 140 valence electrons. The van der Waals surface area contributed by atoms with Crippen molar-refractivity contribution in [1.29, 1.82) is 0 Å². The minimum atomic E-state index is -0.0667. The molecule has 5 heteroatoms. The lowest BCUT2D eigenvalue weighted by molar-refractivity contribution is 0.0622. The first-order chi connectivity index (χ1) is 13.0. The van der Waals surface area contributed by atoms with Crippen LogP contribution >= 0.6 is 0 Å². The van der Waals surface area contributed by atoms with Crippen LogP contribution in [0.15, 0.2) is 65.2 Å². The molecule has 2 atom stereocenters. The van der Waals surface area contributed by atoms with Gasteiger partial charge in [0.1, 0.15) is 6.04 Å². The summed E-state index contributed by atoms with van der Waals surface area (Å²) < 4.78 is 5.75. The van der Waals surface area contributed by atoms with Gasteiger partial charge in [-0.3, -0.25) is 4.90 Å². The van der Waals surface area contributed by atoms with E-state index in [9.17, 15) is 0 Å². The van der Waals surface area contributed by atoms with E-state index >= 15 is 0 Å². The first kappa shape index (κ1) is 17.9. The van der Waals surface area contributed by atoms with Gasteiger partial charge in [0.15, 0.2) is 0 Å². The molecule has 1 aliphatic rings. The summed E-state index contributed by atoms with van der Waals surface area (Å²) in [7, 11) is 0. The van der Waals surface area contributed by atoms with Crippen LogP contribution in [0.2, 0.25) is 0 Å².